The maximum absolute atomic E-state index is 9.53. The molecule has 4 nitrogen and oxygen atoms in total. The fourth-order valence-electron chi connectivity index (χ4n) is 3.09. The van der Waals surface area contributed by atoms with Crippen LogP contribution in [0.1, 0.15) is 46.5 Å². The largest absolute Gasteiger partial charge is 0.394 e. The molecule has 0 bridgehead atoms. The van der Waals surface area contributed by atoms with Crippen LogP contribution < -0.4 is 5.32 Å². The van der Waals surface area contributed by atoms with Gasteiger partial charge in [0.05, 0.1) is 18.8 Å². The van der Waals surface area contributed by atoms with Crippen molar-refractivity contribution in [3.63, 3.8) is 0 Å². The Morgan fingerprint density at radius 1 is 1.32 bits per heavy atom. The van der Waals surface area contributed by atoms with Crippen LogP contribution in [-0.2, 0) is 0 Å². The number of piperidine rings is 1. The smallest absolute Gasteiger partial charge is 0.0647 e. The van der Waals surface area contributed by atoms with Crippen LogP contribution in [0.3, 0.4) is 0 Å². The SMILES string of the molecule is CCCN1CCCC(C(C)NC(CC)(CO)CO)C1. The molecule has 0 aromatic carbocycles. The summed E-state index contributed by atoms with van der Waals surface area (Å²) in [4.78, 5) is 2.54. The van der Waals surface area contributed by atoms with Gasteiger partial charge in [-0.25, -0.2) is 0 Å². The normalized spacial score (nSPS) is 23.5. The van der Waals surface area contributed by atoms with Crippen molar-refractivity contribution < 1.29 is 10.2 Å². The summed E-state index contributed by atoms with van der Waals surface area (Å²) in [5.74, 6) is 0.615. The quantitative estimate of drug-likeness (QED) is 0.622. The molecule has 1 heterocycles. The summed E-state index contributed by atoms with van der Waals surface area (Å²) in [6, 6.07) is 0.332. The van der Waals surface area contributed by atoms with E-state index in [9.17, 15) is 10.2 Å². The third-order valence-corrected chi connectivity index (χ3v) is 4.60. The lowest BCUT2D eigenvalue weighted by Crippen LogP contribution is -2.58. The van der Waals surface area contributed by atoms with E-state index in [1.54, 1.807) is 0 Å². The molecule has 0 aromatic heterocycles. The topological polar surface area (TPSA) is 55.7 Å². The Balaban J connectivity index is 2.54. The number of rotatable bonds is 8. The number of aliphatic hydroxyl groups excluding tert-OH is 2. The second-order valence-corrected chi connectivity index (χ2v) is 6.09. The predicted molar refractivity (Wildman–Crippen MR) is 79.2 cm³/mol. The first-order valence-corrected chi connectivity index (χ1v) is 7.82. The third kappa shape index (κ3) is 4.71. The zero-order valence-electron chi connectivity index (χ0n) is 12.9. The number of likely N-dealkylation sites (tertiary alicyclic amines) is 1. The minimum atomic E-state index is -0.521. The Morgan fingerprint density at radius 3 is 2.53 bits per heavy atom. The lowest BCUT2D eigenvalue weighted by Gasteiger charge is -2.40. The zero-order chi connectivity index (χ0) is 14.3. The highest BCUT2D eigenvalue weighted by Gasteiger charge is 2.32. The highest BCUT2D eigenvalue weighted by atomic mass is 16.3. The fraction of sp³-hybridized carbons (Fsp3) is 1.00. The lowest BCUT2D eigenvalue weighted by atomic mass is 9.88. The van der Waals surface area contributed by atoms with Gasteiger partial charge in [-0.1, -0.05) is 13.8 Å². The summed E-state index contributed by atoms with van der Waals surface area (Å²) in [5.41, 5.74) is -0.521. The van der Waals surface area contributed by atoms with Gasteiger partial charge in [-0.05, 0) is 51.6 Å². The molecule has 0 aliphatic carbocycles. The highest BCUT2D eigenvalue weighted by Crippen LogP contribution is 2.22. The predicted octanol–water partition coefficient (Wildman–Crippen LogP) is 1.22. The molecule has 2 atom stereocenters. The van der Waals surface area contributed by atoms with Gasteiger partial charge in [0, 0.05) is 12.6 Å². The van der Waals surface area contributed by atoms with Gasteiger partial charge in [-0.3, -0.25) is 0 Å². The van der Waals surface area contributed by atoms with Crippen LogP contribution in [0.5, 0.6) is 0 Å². The van der Waals surface area contributed by atoms with E-state index in [0.717, 1.165) is 13.0 Å². The standard InChI is InChI=1S/C15H32N2O2/c1-4-8-17-9-6-7-14(10-17)13(3)16-15(5-2,11-18)12-19/h13-14,16,18-19H,4-12H2,1-3H3. The average Bonchev–Trinajstić information content (AvgIpc) is 2.45. The van der Waals surface area contributed by atoms with Gasteiger partial charge in [0.1, 0.15) is 0 Å². The van der Waals surface area contributed by atoms with Crippen molar-refractivity contribution in [3.8, 4) is 0 Å². The molecule has 4 heteroatoms. The van der Waals surface area contributed by atoms with Crippen LogP contribution in [0.2, 0.25) is 0 Å². The Labute approximate surface area is 118 Å². The maximum atomic E-state index is 9.53. The summed E-state index contributed by atoms with van der Waals surface area (Å²) in [5, 5.41) is 22.5. The number of aliphatic hydroxyl groups is 2. The Kier molecular flexibility index (Phi) is 7.29. The van der Waals surface area contributed by atoms with Crippen LogP contribution in [0.4, 0.5) is 0 Å². The van der Waals surface area contributed by atoms with Crippen molar-refractivity contribution in [2.45, 2.75) is 58.0 Å². The minimum Gasteiger partial charge on any atom is -0.394 e. The first kappa shape index (κ1) is 16.9. The van der Waals surface area contributed by atoms with Crippen molar-refractivity contribution in [2.75, 3.05) is 32.8 Å². The monoisotopic (exact) mass is 272 g/mol. The van der Waals surface area contributed by atoms with E-state index >= 15 is 0 Å². The van der Waals surface area contributed by atoms with Crippen molar-refractivity contribution in [1.82, 2.24) is 10.2 Å². The van der Waals surface area contributed by atoms with Gasteiger partial charge in [0.25, 0.3) is 0 Å². The van der Waals surface area contributed by atoms with E-state index in [1.807, 2.05) is 6.92 Å². The third-order valence-electron chi connectivity index (χ3n) is 4.60. The van der Waals surface area contributed by atoms with E-state index in [-0.39, 0.29) is 13.2 Å². The molecule has 1 aliphatic heterocycles. The average molecular weight is 272 g/mol. The molecule has 2 unspecified atom stereocenters. The van der Waals surface area contributed by atoms with E-state index in [1.165, 1.54) is 32.4 Å². The molecule has 0 spiro atoms. The Bertz CT molecular complexity index is 234. The minimum absolute atomic E-state index is 0.00423. The molecule has 1 rings (SSSR count). The van der Waals surface area contributed by atoms with Gasteiger partial charge >= 0.3 is 0 Å². The van der Waals surface area contributed by atoms with E-state index < -0.39 is 5.54 Å². The summed E-state index contributed by atoms with van der Waals surface area (Å²) >= 11 is 0. The van der Waals surface area contributed by atoms with Crippen molar-refractivity contribution in [3.05, 3.63) is 0 Å². The second-order valence-electron chi connectivity index (χ2n) is 6.09. The van der Waals surface area contributed by atoms with Gasteiger partial charge < -0.3 is 20.4 Å². The first-order valence-electron chi connectivity index (χ1n) is 7.82. The number of hydrogen-bond acceptors (Lipinski definition) is 4. The number of nitrogens with zero attached hydrogens (tertiary/aromatic N) is 1. The summed E-state index contributed by atoms with van der Waals surface area (Å²) in [7, 11) is 0. The molecular formula is C15H32N2O2. The van der Waals surface area contributed by atoms with E-state index in [2.05, 4.69) is 24.1 Å². The first-order chi connectivity index (χ1) is 9.10. The molecule has 1 aliphatic rings. The van der Waals surface area contributed by atoms with E-state index in [0.29, 0.717) is 12.0 Å². The zero-order valence-corrected chi connectivity index (χ0v) is 12.9. The van der Waals surface area contributed by atoms with Crippen LogP contribution >= 0.6 is 0 Å². The summed E-state index contributed by atoms with van der Waals surface area (Å²) in [6.07, 6.45) is 4.45. The molecule has 0 amide bonds. The van der Waals surface area contributed by atoms with Crippen LogP contribution in [0.15, 0.2) is 0 Å². The van der Waals surface area contributed by atoms with Gasteiger partial charge in [0.15, 0.2) is 0 Å². The highest BCUT2D eigenvalue weighted by molar-refractivity contribution is 4.91. The lowest BCUT2D eigenvalue weighted by molar-refractivity contribution is 0.0604. The van der Waals surface area contributed by atoms with E-state index in [4.69, 9.17) is 0 Å². The molecule has 114 valence electrons. The number of hydrogen-bond donors (Lipinski definition) is 3. The van der Waals surface area contributed by atoms with Gasteiger partial charge in [-0.15, -0.1) is 0 Å². The molecule has 0 aromatic rings. The summed E-state index contributed by atoms with van der Waals surface area (Å²) < 4.78 is 0. The van der Waals surface area contributed by atoms with Gasteiger partial charge in [0.2, 0.25) is 0 Å². The second kappa shape index (κ2) is 8.20. The van der Waals surface area contributed by atoms with Crippen molar-refractivity contribution in [2.24, 2.45) is 5.92 Å². The Morgan fingerprint density at radius 2 is 2.00 bits per heavy atom. The molecule has 19 heavy (non-hydrogen) atoms. The molecule has 1 saturated heterocycles. The maximum Gasteiger partial charge on any atom is 0.0647 e. The fourth-order valence-corrected chi connectivity index (χ4v) is 3.09. The summed E-state index contributed by atoms with van der Waals surface area (Å²) in [6.45, 7) is 9.96. The number of nitrogens with one attached hydrogen (secondary N) is 1. The molecule has 0 radical (unpaired) electrons. The van der Waals surface area contributed by atoms with Crippen LogP contribution in [0, 0.1) is 5.92 Å². The van der Waals surface area contributed by atoms with Crippen molar-refractivity contribution in [1.29, 1.82) is 0 Å². The van der Waals surface area contributed by atoms with Gasteiger partial charge in [-0.2, -0.15) is 0 Å². The molecular weight excluding hydrogens is 240 g/mol. The molecule has 3 N–H and O–H groups in total. The van der Waals surface area contributed by atoms with Crippen LogP contribution in [0.25, 0.3) is 0 Å². The Hall–Kier alpha value is -0.160. The molecule has 1 fully saturated rings. The van der Waals surface area contributed by atoms with Crippen molar-refractivity contribution >= 4 is 0 Å². The van der Waals surface area contributed by atoms with Crippen LogP contribution in [-0.4, -0.2) is 59.5 Å². The molecule has 0 saturated carbocycles.